The Balaban J connectivity index is 0.824. The zero-order chi connectivity index (χ0) is 32.8. The van der Waals surface area contributed by atoms with Gasteiger partial charge in [-0.3, -0.25) is 14.6 Å². The Morgan fingerprint density at radius 3 is 2.54 bits per heavy atom. The number of rotatable bonds is 11. The second kappa shape index (κ2) is 12.8. The summed E-state index contributed by atoms with van der Waals surface area (Å²) in [7, 11) is 0. The topological polar surface area (TPSA) is 130 Å². The molecule has 4 atom stereocenters. The first kappa shape index (κ1) is 31.2. The Labute approximate surface area is 289 Å². The van der Waals surface area contributed by atoms with Gasteiger partial charge in [0.15, 0.2) is 6.04 Å². The summed E-state index contributed by atoms with van der Waals surface area (Å²) in [5.74, 6) is 1.12. The molecule has 48 heavy (non-hydrogen) atoms. The van der Waals surface area contributed by atoms with Crippen molar-refractivity contribution in [1.29, 1.82) is 0 Å². The predicted octanol–water partition coefficient (Wildman–Crippen LogP) is 4.99. The molecule has 1 spiro atoms. The first-order valence-electron chi connectivity index (χ1n) is 15.8. The molecule has 3 fully saturated rings. The van der Waals surface area contributed by atoms with E-state index in [9.17, 15) is 19.5 Å². The van der Waals surface area contributed by atoms with E-state index in [0.717, 1.165) is 50.7 Å². The molecule has 1 aromatic heterocycles. The number of ether oxygens (including phenoxy) is 2. The summed E-state index contributed by atoms with van der Waals surface area (Å²) in [5, 5.41) is 13.6. The fraction of sp³-hybridized carbons (Fsp3) is 0.343. The number of aromatic nitrogens is 1. The third-order valence-corrected chi connectivity index (χ3v) is 13.4. The van der Waals surface area contributed by atoms with Gasteiger partial charge in [-0.15, -0.1) is 34.9 Å². The smallest absolute Gasteiger partial charge is 0.329 e. The van der Waals surface area contributed by atoms with E-state index >= 15 is 0 Å². The molecule has 1 aliphatic carbocycles. The number of carbonyl (C=O) groups is 3. The number of amides is 2. The van der Waals surface area contributed by atoms with Gasteiger partial charge in [-0.1, -0.05) is 42.5 Å². The van der Waals surface area contributed by atoms with Crippen LogP contribution >= 0.6 is 34.9 Å². The first-order valence-corrected chi connectivity index (χ1v) is 18.5. The fourth-order valence-electron chi connectivity index (χ4n) is 6.33. The van der Waals surface area contributed by atoms with Crippen molar-refractivity contribution < 1.29 is 29.0 Å². The highest BCUT2D eigenvalue weighted by Crippen LogP contribution is 2.61. The molecule has 2 amide bonds. The SMILES string of the molecule is O=C(Cc1ccccc1)NC1C(=O)N2CC(COc3ccc(COc4ccc5nc(C6=N[C@@H](C(=O)O)CS6)sc5c4)cc3)C3(CC3)SC12. The minimum atomic E-state index is -0.913. The van der Waals surface area contributed by atoms with E-state index in [0.29, 0.717) is 30.6 Å². The maximum absolute atomic E-state index is 13.0. The van der Waals surface area contributed by atoms with Crippen LogP contribution in [0.2, 0.25) is 0 Å². The molecule has 3 aromatic carbocycles. The molecule has 4 heterocycles. The number of thiazole rings is 1. The zero-order valence-corrected chi connectivity index (χ0v) is 28.2. The summed E-state index contributed by atoms with van der Waals surface area (Å²) in [6, 6.07) is 22.0. The third-order valence-electron chi connectivity index (χ3n) is 9.18. The molecule has 246 valence electrons. The van der Waals surface area contributed by atoms with Gasteiger partial charge in [-0.25, -0.2) is 9.78 Å². The van der Waals surface area contributed by atoms with Gasteiger partial charge >= 0.3 is 5.97 Å². The van der Waals surface area contributed by atoms with Crippen LogP contribution < -0.4 is 14.8 Å². The largest absolute Gasteiger partial charge is 0.493 e. The summed E-state index contributed by atoms with van der Waals surface area (Å²) in [4.78, 5) is 47.7. The standard InChI is InChI=1S/C35H32N4O6S3/c40-28(14-20-4-2-1-3-5-20)38-29-32(41)39-16-22(35(12-13-35)48-33(29)39)18-45-23-8-6-21(7-9-23)17-44-24-10-11-25-27(15-24)47-31(36-25)30-37-26(19-46-30)34(42)43/h1-11,15,22,26,29,33H,12-14,16-19H2,(H,38,40)(H,42,43)/t22?,26-,29?,33?/m1/s1. The lowest BCUT2D eigenvalue weighted by molar-refractivity contribution is -0.150. The number of fused-ring (bicyclic) bond motifs is 2. The second-order valence-corrected chi connectivity index (χ2v) is 16.0. The van der Waals surface area contributed by atoms with Crippen molar-refractivity contribution in [2.75, 3.05) is 18.9 Å². The van der Waals surface area contributed by atoms with Crippen molar-refractivity contribution in [2.24, 2.45) is 10.9 Å². The van der Waals surface area contributed by atoms with Gasteiger partial charge in [0.2, 0.25) is 11.8 Å². The van der Waals surface area contributed by atoms with Crippen LogP contribution in [0.5, 0.6) is 11.5 Å². The zero-order valence-electron chi connectivity index (χ0n) is 25.7. The van der Waals surface area contributed by atoms with Crippen LogP contribution in [0.25, 0.3) is 10.2 Å². The molecule has 8 rings (SSSR count). The van der Waals surface area contributed by atoms with E-state index < -0.39 is 18.1 Å². The van der Waals surface area contributed by atoms with Gasteiger partial charge in [0, 0.05) is 23.0 Å². The molecule has 2 saturated heterocycles. The van der Waals surface area contributed by atoms with Gasteiger partial charge in [0.05, 0.1) is 23.2 Å². The van der Waals surface area contributed by atoms with Gasteiger partial charge in [0.1, 0.15) is 39.6 Å². The highest BCUT2D eigenvalue weighted by molar-refractivity contribution is 8.15. The molecular weight excluding hydrogens is 669 g/mol. The van der Waals surface area contributed by atoms with Crippen LogP contribution in [0.3, 0.4) is 0 Å². The summed E-state index contributed by atoms with van der Waals surface area (Å²) < 4.78 is 13.4. The quantitative estimate of drug-likeness (QED) is 0.208. The third kappa shape index (κ3) is 6.26. The van der Waals surface area contributed by atoms with Gasteiger partial charge in [-0.05, 0) is 54.3 Å². The number of aliphatic imine (C=N–C) groups is 1. The molecule has 3 aliphatic heterocycles. The number of carboxylic acids is 1. The van der Waals surface area contributed by atoms with E-state index in [1.165, 1.54) is 23.1 Å². The first-order chi connectivity index (χ1) is 23.3. The number of thioether (sulfide) groups is 2. The number of carboxylic acid groups (broad SMARTS) is 1. The lowest BCUT2D eigenvalue weighted by atomic mass is 9.97. The molecule has 0 bridgehead atoms. The minimum Gasteiger partial charge on any atom is -0.493 e. The number of carbonyl (C=O) groups excluding carboxylic acids is 2. The Morgan fingerprint density at radius 2 is 1.79 bits per heavy atom. The Bertz CT molecular complexity index is 1910. The van der Waals surface area contributed by atoms with E-state index in [-0.39, 0.29) is 34.3 Å². The van der Waals surface area contributed by atoms with Crippen LogP contribution in [0, 0.1) is 5.92 Å². The summed E-state index contributed by atoms with van der Waals surface area (Å²) in [6.07, 6.45) is 2.46. The highest BCUT2D eigenvalue weighted by Gasteiger charge is 2.63. The van der Waals surface area contributed by atoms with Crippen molar-refractivity contribution in [3.63, 3.8) is 0 Å². The van der Waals surface area contributed by atoms with E-state index in [1.807, 2.05) is 89.5 Å². The Morgan fingerprint density at radius 1 is 1.00 bits per heavy atom. The van der Waals surface area contributed by atoms with E-state index in [4.69, 9.17) is 9.47 Å². The van der Waals surface area contributed by atoms with Gasteiger partial charge in [0.25, 0.3) is 0 Å². The average Bonchev–Trinajstić information content (AvgIpc) is 3.48. The number of β-lactam (4-membered cyclic amide) rings is 1. The van der Waals surface area contributed by atoms with E-state index in [2.05, 4.69) is 15.3 Å². The van der Waals surface area contributed by atoms with E-state index in [1.54, 1.807) is 0 Å². The van der Waals surface area contributed by atoms with Crippen LogP contribution in [0.4, 0.5) is 0 Å². The van der Waals surface area contributed by atoms with Crippen LogP contribution in [-0.2, 0) is 27.4 Å². The summed E-state index contributed by atoms with van der Waals surface area (Å²) in [6.45, 7) is 1.57. The monoisotopic (exact) mass is 700 g/mol. The number of nitrogens with one attached hydrogen (secondary N) is 1. The van der Waals surface area contributed by atoms with Crippen LogP contribution in [0.15, 0.2) is 77.8 Å². The lowest BCUT2D eigenvalue weighted by Crippen LogP contribution is -2.73. The summed E-state index contributed by atoms with van der Waals surface area (Å²) in [5.41, 5.74) is 2.77. The van der Waals surface area contributed by atoms with Crippen LogP contribution in [-0.4, -0.2) is 78.9 Å². The Kier molecular flexibility index (Phi) is 8.29. The number of aliphatic carboxylic acids is 1. The van der Waals surface area contributed by atoms with Gasteiger partial charge < -0.3 is 24.8 Å². The fourth-order valence-corrected chi connectivity index (χ4v) is 10.2. The Hall–Kier alpha value is -4.07. The molecule has 1 saturated carbocycles. The molecule has 0 radical (unpaired) electrons. The maximum atomic E-state index is 13.0. The van der Waals surface area contributed by atoms with Crippen molar-refractivity contribution >= 4 is 67.9 Å². The summed E-state index contributed by atoms with van der Waals surface area (Å²) >= 11 is 4.74. The predicted molar refractivity (Wildman–Crippen MR) is 187 cm³/mol. The second-order valence-electron chi connectivity index (χ2n) is 12.5. The molecule has 3 unspecified atom stereocenters. The number of hydrogen-bond donors (Lipinski definition) is 2. The van der Waals surface area contributed by atoms with Crippen molar-refractivity contribution in [2.45, 2.75) is 48.1 Å². The maximum Gasteiger partial charge on any atom is 0.329 e. The minimum absolute atomic E-state index is 0.00945. The van der Waals surface area contributed by atoms with Crippen molar-refractivity contribution in [3.05, 3.63) is 88.9 Å². The molecule has 10 nitrogen and oxygen atoms in total. The highest BCUT2D eigenvalue weighted by atomic mass is 32.2. The molecule has 13 heteroatoms. The van der Waals surface area contributed by atoms with Crippen molar-refractivity contribution in [3.8, 4) is 11.5 Å². The number of hydrogen-bond acceptors (Lipinski definition) is 10. The molecular formula is C35H32N4O6S3. The number of benzene rings is 3. The molecule has 2 N–H and O–H groups in total. The number of nitrogens with zero attached hydrogens (tertiary/aromatic N) is 3. The average molecular weight is 701 g/mol. The van der Waals surface area contributed by atoms with Crippen LogP contribution in [0.1, 0.15) is 29.0 Å². The van der Waals surface area contributed by atoms with Crippen molar-refractivity contribution in [1.82, 2.24) is 15.2 Å². The normalized spacial score (nSPS) is 23.7. The lowest BCUT2D eigenvalue weighted by Gasteiger charge is -2.54. The molecule has 4 aromatic rings. The van der Waals surface area contributed by atoms with Gasteiger partial charge in [-0.2, -0.15) is 0 Å². The molecule has 4 aliphatic rings.